The number of hydrogen-bond donors (Lipinski definition) is 1. The van der Waals surface area contributed by atoms with E-state index in [1.165, 1.54) is 11.3 Å². The Kier molecular flexibility index (Phi) is 9.97. The van der Waals surface area contributed by atoms with Crippen LogP contribution >= 0.6 is 11.3 Å². The predicted octanol–water partition coefficient (Wildman–Crippen LogP) is 7.09. The van der Waals surface area contributed by atoms with E-state index in [2.05, 4.69) is 54.1 Å². The van der Waals surface area contributed by atoms with Crippen LogP contribution in [0.5, 0.6) is 0 Å². The molecule has 1 atom stereocenters. The maximum absolute atomic E-state index is 10.2. The van der Waals surface area contributed by atoms with Crippen LogP contribution in [0.25, 0.3) is 0 Å². The average Bonchev–Trinajstić information content (AvgIpc) is 3.12. The van der Waals surface area contributed by atoms with Crippen LogP contribution in [0.4, 0.5) is 16.4 Å². The summed E-state index contributed by atoms with van der Waals surface area (Å²) in [5, 5.41) is 37.9. The predicted molar refractivity (Wildman–Crippen MR) is 142 cm³/mol. The number of anilines is 1. The van der Waals surface area contributed by atoms with Crippen molar-refractivity contribution in [3.05, 3.63) is 39.8 Å². The van der Waals surface area contributed by atoms with Crippen molar-refractivity contribution >= 4 is 27.7 Å². The van der Waals surface area contributed by atoms with Crippen LogP contribution in [0.15, 0.2) is 28.4 Å². The summed E-state index contributed by atoms with van der Waals surface area (Å²) in [6.07, 6.45) is 2.19. The van der Waals surface area contributed by atoms with Crippen LogP contribution in [0.1, 0.15) is 75.4 Å². The third kappa shape index (κ3) is 7.86. The van der Waals surface area contributed by atoms with E-state index in [1.54, 1.807) is 6.92 Å². The van der Waals surface area contributed by atoms with Gasteiger partial charge in [-0.1, -0.05) is 6.92 Å². The lowest BCUT2D eigenvalue weighted by Gasteiger charge is -2.32. The Balaban J connectivity index is 2.07. The number of hydrogen-bond acceptors (Lipinski definition) is 8. The van der Waals surface area contributed by atoms with E-state index in [9.17, 15) is 15.6 Å². The first-order chi connectivity index (χ1) is 16.5. The summed E-state index contributed by atoms with van der Waals surface area (Å²) >= 11 is 1.19. The van der Waals surface area contributed by atoms with Crippen LogP contribution in [0.3, 0.4) is 0 Å². The highest BCUT2D eigenvalue weighted by Gasteiger charge is 2.23. The van der Waals surface area contributed by atoms with Crippen molar-refractivity contribution in [2.75, 3.05) is 24.6 Å². The van der Waals surface area contributed by atoms with Gasteiger partial charge in [0, 0.05) is 18.8 Å². The molecule has 7 nitrogen and oxygen atoms in total. The monoisotopic (exact) mass is 495 g/mol. The van der Waals surface area contributed by atoms with Crippen molar-refractivity contribution in [1.82, 2.24) is 0 Å². The lowest BCUT2D eigenvalue weighted by molar-refractivity contribution is -0.0540. The van der Waals surface area contributed by atoms with Gasteiger partial charge in [-0.3, -0.25) is 0 Å². The van der Waals surface area contributed by atoms with E-state index in [4.69, 9.17) is 4.74 Å². The molecule has 0 bridgehead atoms. The van der Waals surface area contributed by atoms with Crippen molar-refractivity contribution in [2.45, 2.75) is 78.9 Å². The Morgan fingerprint density at radius 2 is 1.80 bits per heavy atom. The normalized spacial score (nSPS) is 13.4. The van der Waals surface area contributed by atoms with Gasteiger partial charge in [-0.15, -0.1) is 21.6 Å². The molecule has 1 unspecified atom stereocenters. The zero-order valence-electron chi connectivity index (χ0n) is 22.0. The minimum Gasteiger partial charge on any atom is -0.390 e. The molecular weight excluding hydrogens is 458 g/mol. The fourth-order valence-corrected chi connectivity index (χ4v) is 4.40. The Morgan fingerprint density at radius 1 is 1.09 bits per heavy atom. The molecule has 0 aliphatic rings. The summed E-state index contributed by atoms with van der Waals surface area (Å²) in [6, 6.07) is 10.3. The molecule has 1 heterocycles. The molecule has 0 amide bonds. The number of nitriles is 2. The number of benzene rings is 1. The van der Waals surface area contributed by atoms with Gasteiger partial charge in [-0.2, -0.15) is 10.5 Å². The van der Waals surface area contributed by atoms with Gasteiger partial charge in [0.2, 0.25) is 0 Å². The average molecular weight is 496 g/mol. The summed E-state index contributed by atoms with van der Waals surface area (Å²) in [5.74, 6) is 0. The molecule has 0 spiro atoms. The Labute approximate surface area is 213 Å². The summed E-state index contributed by atoms with van der Waals surface area (Å²) in [4.78, 5) is 2.79. The number of aryl methyl sites for hydroxylation is 1. The van der Waals surface area contributed by atoms with E-state index in [-0.39, 0.29) is 5.60 Å². The molecular formula is C27H37N5O2S. The topological polar surface area (TPSA) is 105 Å². The smallest absolute Gasteiger partial charge is 0.158 e. The zero-order chi connectivity index (χ0) is 26.2. The SMILES string of the molecule is CCN(CCC(C)(C)OCCC(C)(O)CC)c1ccc(/N=N/c2sc(C#N)c(C)c2C#N)c(C)c1. The van der Waals surface area contributed by atoms with Crippen molar-refractivity contribution in [2.24, 2.45) is 10.2 Å². The maximum Gasteiger partial charge on any atom is 0.158 e. The summed E-state index contributed by atoms with van der Waals surface area (Å²) in [7, 11) is 0. The molecule has 0 saturated heterocycles. The van der Waals surface area contributed by atoms with Crippen molar-refractivity contribution < 1.29 is 9.84 Å². The summed E-state index contributed by atoms with van der Waals surface area (Å²) < 4.78 is 6.10. The third-order valence-corrected chi connectivity index (χ3v) is 7.48. The first kappa shape index (κ1) is 28.5. The highest BCUT2D eigenvalue weighted by molar-refractivity contribution is 7.16. The molecule has 8 heteroatoms. The van der Waals surface area contributed by atoms with E-state index in [0.717, 1.165) is 36.4 Å². The first-order valence-electron chi connectivity index (χ1n) is 12.0. The van der Waals surface area contributed by atoms with Crippen LogP contribution in [-0.2, 0) is 4.74 Å². The molecule has 1 aromatic heterocycles. The molecule has 1 N–H and O–H groups in total. The Hall–Kier alpha value is -2.78. The van der Waals surface area contributed by atoms with Crippen LogP contribution in [0, 0.1) is 36.5 Å². The second-order valence-electron chi connectivity index (χ2n) is 9.67. The molecule has 2 aromatic rings. The molecule has 0 fully saturated rings. The molecule has 2 rings (SSSR count). The minimum absolute atomic E-state index is 0.292. The van der Waals surface area contributed by atoms with Gasteiger partial charge in [0.1, 0.15) is 17.0 Å². The van der Waals surface area contributed by atoms with Crippen LogP contribution in [0.2, 0.25) is 0 Å². The number of nitrogens with zero attached hydrogens (tertiary/aromatic N) is 5. The van der Waals surface area contributed by atoms with E-state index in [0.29, 0.717) is 40.5 Å². The van der Waals surface area contributed by atoms with Crippen molar-refractivity contribution in [3.63, 3.8) is 0 Å². The van der Waals surface area contributed by atoms with Crippen molar-refractivity contribution in [3.8, 4) is 12.1 Å². The molecule has 0 aliphatic carbocycles. The quantitative estimate of drug-likeness (QED) is 0.317. The van der Waals surface area contributed by atoms with Crippen LogP contribution in [-0.4, -0.2) is 36.0 Å². The maximum atomic E-state index is 10.2. The third-order valence-electron chi connectivity index (χ3n) is 6.40. The molecule has 188 valence electrons. The number of rotatable bonds is 12. The Morgan fingerprint density at radius 3 is 2.37 bits per heavy atom. The molecule has 0 aliphatic heterocycles. The molecule has 1 aromatic carbocycles. The standard InChI is InChI=1S/C27H37N5O2S/c1-8-27(7,33)13-15-34-26(5,6)12-14-32(9-2)21-10-11-23(19(3)16-21)30-31-25-22(17-28)20(4)24(18-29)35-25/h10-11,16,33H,8-9,12-15H2,1-7H3/b31-30+. The molecule has 35 heavy (non-hydrogen) atoms. The fraction of sp³-hybridized carbons (Fsp3) is 0.556. The Bertz CT molecular complexity index is 1120. The van der Waals surface area contributed by atoms with Gasteiger partial charge >= 0.3 is 0 Å². The lowest BCUT2D eigenvalue weighted by atomic mass is 9.99. The van der Waals surface area contributed by atoms with Crippen LogP contribution < -0.4 is 4.90 Å². The van der Waals surface area contributed by atoms with Gasteiger partial charge in [0.25, 0.3) is 0 Å². The van der Waals surface area contributed by atoms with Gasteiger partial charge in [-0.05, 0) is 90.1 Å². The molecule has 0 radical (unpaired) electrons. The number of ether oxygens (including phenoxy) is 1. The highest BCUT2D eigenvalue weighted by atomic mass is 32.1. The second kappa shape index (κ2) is 12.3. The zero-order valence-corrected chi connectivity index (χ0v) is 22.8. The number of azo groups is 1. The summed E-state index contributed by atoms with van der Waals surface area (Å²) in [5.41, 5.74) is 2.90. The van der Waals surface area contributed by atoms with E-state index >= 15 is 0 Å². The summed E-state index contributed by atoms with van der Waals surface area (Å²) in [6.45, 7) is 16.1. The van der Waals surface area contributed by atoms with Crippen molar-refractivity contribution in [1.29, 1.82) is 10.5 Å². The van der Waals surface area contributed by atoms with Gasteiger partial charge in [-0.25, -0.2) is 0 Å². The second-order valence-corrected chi connectivity index (χ2v) is 10.7. The highest BCUT2D eigenvalue weighted by Crippen LogP contribution is 2.36. The number of thiophene rings is 1. The van der Waals surface area contributed by atoms with Gasteiger partial charge in [0.05, 0.1) is 29.1 Å². The largest absolute Gasteiger partial charge is 0.390 e. The fourth-order valence-electron chi connectivity index (χ4n) is 3.52. The van der Waals surface area contributed by atoms with E-state index < -0.39 is 5.60 Å². The molecule has 0 saturated carbocycles. The minimum atomic E-state index is -0.682. The lowest BCUT2D eigenvalue weighted by Crippen LogP contribution is -2.34. The number of aliphatic hydroxyl groups is 1. The van der Waals surface area contributed by atoms with Gasteiger partial charge < -0.3 is 14.7 Å². The first-order valence-corrected chi connectivity index (χ1v) is 12.9. The van der Waals surface area contributed by atoms with E-state index in [1.807, 2.05) is 32.9 Å². The van der Waals surface area contributed by atoms with Gasteiger partial charge in [0.15, 0.2) is 5.00 Å².